The minimum Gasteiger partial charge on any atom is -0.423 e. The van der Waals surface area contributed by atoms with Crippen molar-refractivity contribution in [2.24, 2.45) is 5.41 Å². The summed E-state index contributed by atoms with van der Waals surface area (Å²) in [6.45, 7) is 10.3. The van der Waals surface area contributed by atoms with Gasteiger partial charge < -0.3 is 9.68 Å². The lowest BCUT2D eigenvalue weighted by atomic mass is 9.75. The molecule has 0 radical (unpaired) electrons. The summed E-state index contributed by atoms with van der Waals surface area (Å²) >= 11 is 0. The van der Waals surface area contributed by atoms with E-state index < -0.39 is 7.12 Å². The third-order valence-corrected chi connectivity index (χ3v) is 3.01. The van der Waals surface area contributed by atoms with Crippen LogP contribution in [0.4, 0.5) is 0 Å². The first kappa shape index (κ1) is 13.3. The average Bonchev–Trinajstić information content (AvgIpc) is 2.16. The molecule has 0 saturated carbocycles. The highest BCUT2D eigenvalue weighted by molar-refractivity contribution is 6.60. The van der Waals surface area contributed by atoms with Gasteiger partial charge in [0.15, 0.2) is 0 Å². The van der Waals surface area contributed by atoms with Crippen LogP contribution in [0.1, 0.15) is 33.3 Å². The van der Waals surface area contributed by atoms with Gasteiger partial charge in [0.2, 0.25) is 0 Å². The molecule has 1 rings (SSSR count). The lowest BCUT2D eigenvalue weighted by Crippen LogP contribution is -2.41. The fourth-order valence-corrected chi connectivity index (χ4v) is 1.33. The standard InChI is InChI=1S/C13H21BO2/c1-10-8-6-7-9-12(10)14(15)16-11(2)13(3,4)5/h6-9,11,15H,1-5H3. The van der Waals surface area contributed by atoms with Gasteiger partial charge in [0.05, 0.1) is 0 Å². The molecule has 0 heterocycles. The molecule has 0 aliphatic carbocycles. The van der Waals surface area contributed by atoms with Crippen molar-refractivity contribution in [2.75, 3.05) is 0 Å². The molecular formula is C13H21BO2. The molecule has 0 fully saturated rings. The van der Waals surface area contributed by atoms with E-state index in [4.69, 9.17) is 4.65 Å². The molecule has 0 aliphatic rings. The lowest BCUT2D eigenvalue weighted by molar-refractivity contribution is 0.0858. The largest absolute Gasteiger partial charge is 0.491 e. The van der Waals surface area contributed by atoms with Crippen LogP contribution in [-0.4, -0.2) is 18.2 Å². The minimum atomic E-state index is -0.838. The van der Waals surface area contributed by atoms with Crippen LogP contribution in [0.25, 0.3) is 0 Å². The molecule has 1 atom stereocenters. The Morgan fingerprint density at radius 3 is 2.31 bits per heavy atom. The van der Waals surface area contributed by atoms with Gasteiger partial charge in [-0.25, -0.2) is 0 Å². The van der Waals surface area contributed by atoms with Gasteiger partial charge in [0, 0.05) is 6.10 Å². The Kier molecular flexibility index (Phi) is 4.17. The van der Waals surface area contributed by atoms with E-state index in [9.17, 15) is 5.02 Å². The summed E-state index contributed by atoms with van der Waals surface area (Å²) in [6.07, 6.45) is 0.00195. The number of aryl methyl sites for hydroxylation is 1. The molecule has 0 amide bonds. The quantitative estimate of drug-likeness (QED) is 0.790. The second-order valence-electron chi connectivity index (χ2n) is 5.35. The SMILES string of the molecule is Cc1ccccc1B(O)OC(C)C(C)(C)C. The first-order chi connectivity index (χ1) is 7.32. The van der Waals surface area contributed by atoms with Gasteiger partial charge in [-0.1, -0.05) is 50.6 Å². The van der Waals surface area contributed by atoms with Crippen LogP contribution < -0.4 is 5.46 Å². The molecule has 1 aromatic rings. The van der Waals surface area contributed by atoms with Crippen molar-refractivity contribution in [1.29, 1.82) is 0 Å². The van der Waals surface area contributed by atoms with E-state index in [1.165, 1.54) is 0 Å². The highest BCUT2D eigenvalue weighted by Gasteiger charge is 2.27. The second kappa shape index (κ2) is 5.02. The van der Waals surface area contributed by atoms with Gasteiger partial charge in [0.1, 0.15) is 0 Å². The summed E-state index contributed by atoms with van der Waals surface area (Å²) in [6, 6.07) is 7.74. The number of hydrogen-bond acceptors (Lipinski definition) is 2. The van der Waals surface area contributed by atoms with Crippen molar-refractivity contribution >= 4 is 12.6 Å². The highest BCUT2D eigenvalue weighted by Crippen LogP contribution is 2.21. The zero-order valence-corrected chi connectivity index (χ0v) is 10.8. The third-order valence-electron chi connectivity index (χ3n) is 3.01. The monoisotopic (exact) mass is 220 g/mol. The molecule has 1 aromatic carbocycles. The normalized spacial score (nSPS) is 13.6. The predicted molar refractivity (Wildman–Crippen MR) is 68.8 cm³/mol. The maximum absolute atomic E-state index is 10.0. The van der Waals surface area contributed by atoms with Crippen LogP contribution in [0.5, 0.6) is 0 Å². The van der Waals surface area contributed by atoms with Crippen LogP contribution >= 0.6 is 0 Å². The van der Waals surface area contributed by atoms with Crippen LogP contribution in [0, 0.1) is 12.3 Å². The molecular weight excluding hydrogens is 199 g/mol. The molecule has 2 nitrogen and oxygen atoms in total. The molecule has 0 spiro atoms. The highest BCUT2D eigenvalue weighted by atomic mass is 16.5. The molecule has 0 aliphatic heterocycles. The maximum atomic E-state index is 10.0. The van der Waals surface area contributed by atoms with Crippen molar-refractivity contribution in [2.45, 2.75) is 40.7 Å². The van der Waals surface area contributed by atoms with Gasteiger partial charge >= 0.3 is 7.12 Å². The Morgan fingerprint density at radius 1 is 1.25 bits per heavy atom. The van der Waals surface area contributed by atoms with E-state index in [1.54, 1.807) is 0 Å². The van der Waals surface area contributed by atoms with E-state index >= 15 is 0 Å². The summed E-state index contributed by atoms with van der Waals surface area (Å²) < 4.78 is 5.64. The summed E-state index contributed by atoms with van der Waals surface area (Å²) in [7, 11) is -0.838. The molecule has 16 heavy (non-hydrogen) atoms. The van der Waals surface area contributed by atoms with Gasteiger partial charge in [-0.2, -0.15) is 0 Å². The van der Waals surface area contributed by atoms with Gasteiger partial charge in [-0.15, -0.1) is 0 Å². The number of rotatable bonds is 3. The Hall–Kier alpha value is -0.795. The fourth-order valence-electron chi connectivity index (χ4n) is 1.33. The van der Waals surface area contributed by atoms with Crippen molar-refractivity contribution in [3.8, 4) is 0 Å². The van der Waals surface area contributed by atoms with Gasteiger partial charge in [-0.05, 0) is 24.7 Å². The summed E-state index contributed by atoms with van der Waals surface area (Å²) in [5.41, 5.74) is 1.93. The second-order valence-corrected chi connectivity index (χ2v) is 5.35. The Labute approximate surface area is 98.8 Å². The molecule has 0 saturated heterocycles. The smallest absolute Gasteiger partial charge is 0.423 e. The number of benzene rings is 1. The molecule has 88 valence electrons. The molecule has 1 N–H and O–H groups in total. The zero-order valence-electron chi connectivity index (χ0n) is 10.8. The third kappa shape index (κ3) is 3.36. The topological polar surface area (TPSA) is 29.5 Å². The Morgan fingerprint density at radius 2 is 1.81 bits per heavy atom. The summed E-state index contributed by atoms with van der Waals surface area (Å²) in [4.78, 5) is 0. The van der Waals surface area contributed by atoms with E-state index in [0.29, 0.717) is 0 Å². The van der Waals surface area contributed by atoms with Crippen molar-refractivity contribution < 1.29 is 9.68 Å². The average molecular weight is 220 g/mol. The molecule has 1 unspecified atom stereocenters. The van der Waals surface area contributed by atoms with Gasteiger partial charge in [0.25, 0.3) is 0 Å². The summed E-state index contributed by atoms with van der Waals surface area (Å²) in [5.74, 6) is 0. The minimum absolute atomic E-state index is 0.00195. The first-order valence-corrected chi connectivity index (χ1v) is 5.71. The first-order valence-electron chi connectivity index (χ1n) is 5.71. The number of hydrogen-bond donors (Lipinski definition) is 1. The van der Waals surface area contributed by atoms with Crippen LogP contribution in [0.2, 0.25) is 0 Å². The predicted octanol–water partition coefficient (Wildman–Crippen LogP) is 2.13. The van der Waals surface area contributed by atoms with Crippen LogP contribution in [-0.2, 0) is 4.65 Å². The molecule has 0 aromatic heterocycles. The van der Waals surface area contributed by atoms with Crippen LogP contribution in [0.3, 0.4) is 0 Å². The Bertz CT molecular complexity index is 344. The lowest BCUT2D eigenvalue weighted by Gasteiger charge is -2.29. The summed E-state index contributed by atoms with van der Waals surface area (Å²) in [5, 5.41) is 10.0. The molecule has 3 heteroatoms. The van der Waals surface area contributed by atoms with E-state index in [1.807, 2.05) is 38.1 Å². The van der Waals surface area contributed by atoms with Crippen LogP contribution in [0.15, 0.2) is 24.3 Å². The fraction of sp³-hybridized carbons (Fsp3) is 0.538. The Balaban J connectivity index is 2.73. The van der Waals surface area contributed by atoms with Crippen molar-refractivity contribution in [3.63, 3.8) is 0 Å². The zero-order chi connectivity index (χ0) is 12.3. The van der Waals surface area contributed by atoms with Crippen molar-refractivity contribution in [3.05, 3.63) is 29.8 Å². The van der Waals surface area contributed by atoms with E-state index in [0.717, 1.165) is 11.0 Å². The van der Waals surface area contributed by atoms with E-state index in [-0.39, 0.29) is 11.5 Å². The van der Waals surface area contributed by atoms with Gasteiger partial charge in [-0.3, -0.25) is 0 Å². The van der Waals surface area contributed by atoms with E-state index in [2.05, 4.69) is 20.8 Å². The van der Waals surface area contributed by atoms with Crippen molar-refractivity contribution in [1.82, 2.24) is 0 Å². The molecule has 0 bridgehead atoms. The maximum Gasteiger partial charge on any atom is 0.491 e.